The van der Waals surface area contributed by atoms with Crippen LogP contribution in [0.3, 0.4) is 0 Å². The highest BCUT2D eigenvalue weighted by Gasteiger charge is 2.29. The first-order valence-corrected chi connectivity index (χ1v) is 8.89. The van der Waals surface area contributed by atoms with Gasteiger partial charge in [-0.3, -0.25) is 9.59 Å². The first-order chi connectivity index (χ1) is 11.9. The SMILES string of the molecule is CC(C)(CN)NC(=O)C1CCN(C(=O)CCOc2ccccc2)CC1.Cl. The van der Waals surface area contributed by atoms with Crippen molar-refractivity contribution in [3.8, 4) is 5.75 Å². The molecule has 1 aromatic carbocycles. The van der Waals surface area contributed by atoms with Crippen LogP contribution in [0, 0.1) is 5.92 Å². The van der Waals surface area contributed by atoms with Crippen molar-refractivity contribution in [2.75, 3.05) is 26.2 Å². The van der Waals surface area contributed by atoms with E-state index in [9.17, 15) is 9.59 Å². The molecule has 6 nitrogen and oxygen atoms in total. The Kier molecular flexibility index (Phi) is 8.88. The molecule has 0 radical (unpaired) electrons. The van der Waals surface area contributed by atoms with Crippen molar-refractivity contribution in [2.45, 2.75) is 38.6 Å². The molecular weight excluding hydrogens is 354 g/mol. The fourth-order valence-electron chi connectivity index (χ4n) is 2.81. The Morgan fingerprint density at radius 2 is 1.85 bits per heavy atom. The van der Waals surface area contributed by atoms with Crippen LogP contribution >= 0.6 is 12.4 Å². The Bertz CT molecular complexity index is 573. The summed E-state index contributed by atoms with van der Waals surface area (Å²) >= 11 is 0. The van der Waals surface area contributed by atoms with Gasteiger partial charge in [-0.05, 0) is 38.8 Å². The number of rotatable bonds is 7. The summed E-state index contributed by atoms with van der Waals surface area (Å²) in [5.41, 5.74) is 5.26. The van der Waals surface area contributed by atoms with E-state index in [2.05, 4.69) is 5.32 Å². The minimum Gasteiger partial charge on any atom is -0.493 e. The highest BCUT2D eigenvalue weighted by atomic mass is 35.5. The Morgan fingerprint density at radius 3 is 2.42 bits per heavy atom. The van der Waals surface area contributed by atoms with Crippen molar-refractivity contribution in [2.24, 2.45) is 11.7 Å². The summed E-state index contributed by atoms with van der Waals surface area (Å²) in [6.07, 6.45) is 1.74. The molecule has 26 heavy (non-hydrogen) atoms. The van der Waals surface area contributed by atoms with Crippen molar-refractivity contribution in [3.05, 3.63) is 30.3 Å². The molecule has 2 rings (SSSR count). The number of carbonyl (C=O) groups excluding carboxylic acids is 2. The van der Waals surface area contributed by atoms with E-state index in [1.807, 2.05) is 49.1 Å². The van der Waals surface area contributed by atoms with Crippen LogP contribution < -0.4 is 15.8 Å². The number of benzene rings is 1. The van der Waals surface area contributed by atoms with Gasteiger partial charge in [-0.2, -0.15) is 0 Å². The zero-order valence-corrected chi connectivity index (χ0v) is 16.4. The van der Waals surface area contributed by atoms with E-state index in [4.69, 9.17) is 10.5 Å². The van der Waals surface area contributed by atoms with Crippen LogP contribution in [0.15, 0.2) is 30.3 Å². The lowest BCUT2D eigenvalue weighted by atomic mass is 9.94. The normalized spacial score (nSPS) is 15.1. The maximum Gasteiger partial charge on any atom is 0.225 e. The van der Waals surface area contributed by atoms with E-state index in [0.29, 0.717) is 45.5 Å². The van der Waals surface area contributed by atoms with Crippen molar-refractivity contribution < 1.29 is 14.3 Å². The summed E-state index contributed by atoms with van der Waals surface area (Å²) in [6.45, 7) is 5.83. The smallest absolute Gasteiger partial charge is 0.225 e. The summed E-state index contributed by atoms with van der Waals surface area (Å²) in [6, 6.07) is 9.47. The number of amides is 2. The van der Waals surface area contributed by atoms with Crippen molar-refractivity contribution >= 4 is 24.2 Å². The second-order valence-corrected chi connectivity index (χ2v) is 7.14. The molecule has 1 aliphatic rings. The van der Waals surface area contributed by atoms with Gasteiger partial charge in [0.25, 0.3) is 0 Å². The van der Waals surface area contributed by atoms with Gasteiger partial charge in [-0.25, -0.2) is 0 Å². The van der Waals surface area contributed by atoms with Crippen LogP contribution in [0.2, 0.25) is 0 Å². The fourth-order valence-corrected chi connectivity index (χ4v) is 2.81. The number of nitrogens with two attached hydrogens (primary N) is 1. The predicted molar refractivity (Wildman–Crippen MR) is 104 cm³/mol. The number of halogens is 1. The molecule has 1 saturated heterocycles. The Morgan fingerprint density at radius 1 is 1.23 bits per heavy atom. The molecule has 0 unspecified atom stereocenters. The molecule has 2 amide bonds. The molecule has 0 spiro atoms. The maximum absolute atomic E-state index is 12.3. The topological polar surface area (TPSA) is 84.7 Å². The molecule has 0 bridgehead atoms. The maximum atomic E-state index is 12.3. The third kappa shape index (κ3) is 6.84. The second kappa shape index (κ2) is 10.4. The number of ether oxygens (including phenoxy) is 1. The summed E-state index contributed by atoms with van der Waals surface area (Å²) < 4.78 is 5.57. The van der Waals surface area contributed by atoms with Crippen molar-refractivity contribution in [1.29, 1.82) is 0 Å². The first kappa shape index (κ1) is 22.3. The molecule has 1 heterocycles. The lowest BCUT2D eigenvalue weighted by Gasteiger charge is -2.33. The van der Waals surface area contributed by atoms with Gasteiger partial charge in [-0.15, -0.1) is 12.4 Å². The molecule has 0 atom stereocenters. The Hall–Kier alpha value is -1.79. The van der Waals surface area contributed by atoms with Crippen molar-refractivity contribution in [3.63, 3.8) is 0 Å². The predicted octanol–water partition coefficient (Wildman–Crippen LogP) is 1.97. The molecule has 3 N–H and O–H groups in total. The van der Waals surface area contributed by atoms with Gasteiger partial charge in [0.05, 0.1) is 13.0 Å². The van der Waals surface area contributed by atoms with Gasteiger partial charge >= 0.3 is 0 Å². The van der Waals surface area contributed by atoms with Gasteiger partial charge < -0.3 is 20.7 Å². The Labute approximate surface area is 161 Å². The van der Waals surface area contributed by atoms with Crippen LogP contribution in [0.5, 0.6) is 5.75 Å². The monoisotopic (exact) mass is 383 g/mol. The molecular formula is C19H30ClN3O3. The molecule has 0 aliphatic carbocycles. The molecule has 7 heteroatoms. The number of nitrogens with one attached hydrogen (secondary N) is 1. The molecule has 146 valence electrons. The molecule has 0 saturated carbocycles. The first-order valence-electron chi connectivity index (χ1n) is 8.89. The zero-order chi connectivity index (χ0) is 18.3. The van der Waals surface area contributed by atoms with Gasteiger partial charge in [-0.1, -0.05) is 18.2 Å². The fraction of sp³-hybridized carbons (Fsp3) is 0.579. The zero-order valence-electron chi connectivity index (χ0n) is 15.6. The number of piperidine rings is 1. The minimum atomic E-state index is -0.390. The average molecular weight is 384 g/mol. The third-order valence-corrected chi connectivity index (χ3v) is 4.52. The van der Waals surface area contributed by atoms with Crippen molar-refractivity contribution in [1.82, 2.24) is 10.2 Å². The van der Waals surface area contributed by atoms with Crippen LogP contribution in [-0.2, 0) is 9.59 Å². The summed E-state index contributed by atoms with van der Waals surface area (Å²) in [5.74, 6) is 0.843. The van der Waals surface area contributed by atoms with E-state index in [1.54, 1.807) is 0 Å². The van der Waals surface area contributed by atoms with Crippen LogP contribution in [0.1, 0.15) is 33.1 Å². The van der Waals surface area contributed by atoms with E-state index in [0.717, 1.165) is 5.75 Å². The lowest BCUT2D eigenvalue weighted by Crippen LogP contribution is -2.52. The third-order valence-electron chi connectivity index (χ3n) is 4.52. The number of para-hydroxylation sites is 1. The van der Waals surface area contributed by atoms with Crippen LogP contribution in [-0.4, -0.2) is 48.5 Å². The summed E-state index contributed by atoms with van der Waals surface area (Å²) in [5, 5.41) is 2.98. The van der Waals surface area contributed by atoms with E-state index in [1.165, 1.54) is 0 Å². The number of nitrogens with zero attached hydrogens (tertiary/aromatic N) is 1. The second-order valence-electron chi connectivity index (χ2n) is 7.14. The van der Waals surface area contributed by atoms with E-state index in [-0.39, 0.29) is 30.1 Å². The van der Waals surface area contributed by atoms with Gasteiger partial charge in [0.2, 0.25) is 11.8 Å². The van der Waals surface area contributed by atoms with E-state index >= 15 is 0 Å². The van der Waals surface area contributed by atoms with Crippen LogP contribution in [0.25, 0.3) is 0 Å². The molecule has 1 aliphatic heterocycles. The average Bonchev–Trinajstić information content (AvgIpc) is 2.62. The molecule has 1 aromatic rings. The number of hydrogen-bond donors (Lipinski definition) is 2. The lowest BCUT2D eigenvalue weighted by molar-refractivity contribution is -0.136. The number of likely N-dealkylation sites (tertiary alicyclic amines) is 1. The number of hydrogen-bond acceptors (Lipinski definition) is 4. The highest BCUT2D eigenvalue weighted by Crippen LogP contribution is 2.19. The Balaban J connectivity index is 0.00000338. The largest absolute Gasteiger partial charge is 0.493 e. The van der Waals surface area contributed by atoms with Gasteiger partial charge in [0.15, 0.2) is 0 Å². The van der Waals surface area contributed by atoms with Crippen LogP contribution in [0.4, 0.5) is 0 Å². The van der Waals surface area contributed by atoms with Gasteiger partial charge in [0, 0.05) is 31.1 Å². The molecule has 1 fully saturated rings. The summed E-state index contributed by atoms with van der Waals surface area (Å²) in [7, 11) is 0. The minimum absolute atomic E-state index is 0. The highest BCUT2D eigenvalue weighted by molar-refractivity contribution is 5.85. The van der Waals surface area contributed by atoms with E-state index < -0.39 is 5.54 Å². The molecule has 0 aromatic heterocycles. The van der Waals surface area contributed by atoms with Gasteiger partial charge in [0.1, 0.15) is 5.75 Å². The number of carbonyl (C=O) groups is 2. The quantitative estimate of drug-likeness (QED) is 0.753. The summed E-state index contributed by atoms with van der Waals surface area (Å²) in [4.78, 5) is 26.4. The standard InChI is InChI=1S/C19H29N3O3.ClH/c1-19(2,14-20)21-18(24)15-8-11-22(12-9-15)17(23)10-13-25-16-6-4-3-5-7-16;/h3-7,15H,8-14,20H2,1-2H3,(H,21,24);1H.